The third kappa shape index (κ3) is 4.78. The van der Waals surface area contributed by atoms with E-state index < -0.39 is 5.41 Å². The van der Waals surface area contributed by atoms with Gasteiger partial charge in [-0.2, -0.15) is 0 Å². The lowest BCUT2D eigenvalue weighted by atomic mass is 9.72. The summed E-state index contributed by atoms with van der Waals surface area (Å²) in [6, 6.07) is 15.0. The van der Waals surface area contributed by atoms with Crippen LogP contribution in [0.4, 0.5) is 5.69 Å². The summed E-state index contributed by atoms with van der Waals surface area (Å²) in [6.45, 7) is 10.9. The molecule has 1 N–H and O–H groups in total. The molecule has 0 saturated carbocycles. The smallest absolute Gasteiger partial charge is 0.231 e. The minimum absolute atomic E-state index is 0.0585. The van der Waals surface area contributed by atoms with Gasteiger partial charge in [0.05, 0.1) is 24.7 Å². The maximum Gasteiger partial charge on any atom is 0.231 e. The standard InChI is InChI=1S/C26H34N2O3/c1-19-16-20(2)18-23(17-19)26(8-12-30-13-9-26)25(29)27-21(3)22-4-6-24(7-5-22)28-10-14-31-15-11-28/h4-7,16-18,21H,8-15H2,1-3H3,(H,27,29)/t21-/m1/s1. The molecular formula is C26H34N2O3. The summed E-state index contributed by atoms with van der Waals surface area (Å²) in [6.07, 6.45) is 1.43. The van der Waals surface area contributed by atoms with Gasteiger partial charge < -0.3 is 19.7 Å². The van der Waals surface area contributed by atoms with E-state index in [0.717, 1.165) is 37.4 Å². The van der Waals surface area contributed by atoms with Gasteiger partial charge in [0.1, 0.15) is 0 Å². The van der Waals surface area contributed by atoms with Crippen molar-refractivity contribution in [3.05, 3.63) is 64.7 Å². The lowest BCUT2D eigenvalue weighted by molar-refractivity contribution is -0.131. The number of rotatable bonds is 5. The summed E-state index contributed by atoms with van der Waals surface area (Å²) in [4.78, 5) is 16.0. The number of benzene rings is 2. The molecule has 0 bridgehead atoms. The number of carbonyl (C=O) groups excluding carboxylic acids is 1. The third-order valence-electron chi connectivity index (χ3n) is 6.67. The Hall–Kier alpha value is -2.37. The number of ether oxygens (including phenoxy) is 2. The highest BCUT2D eigenvalue weighted by Crippen LogP contribution is 2.37. The molecule has 31 heavy (non-hydrogen) atoms. The molecule has 0 aromatic heterocycles. The summed E-state index contributed by atoms with van der Waals surface area (Å²) < 4.78 is 11.1. The lowest BCUT2D eigenvalue weighted by Gasteiger charge is -2.37. The Morgan fingerprint density at radius 2 is 1.52 bits per heavy atom. The molecule has 4 rings (SSSR count). The van der Waals surface area contributed by atoms with Crippen molar-refractivity contribution in [1.29, 1.82) is 0 Å². The second-order valence-corrected chi connectivity index (χ2v) is 8.96. The molecule has 0 spiro atoms. The zero-order valence-electron chi connectivity index (χ0n) is 18.9. The van der Waals surface area contributed by atoms with Gasteiger partial charge in [-0.05, 0) is 56.9 Å². The first-order chi connectivity index (χ1) is 15.0. The number of aryl methyl sites for hydroxylation is 2. The Morgan fingerprint density at radius 3 is 2.13 bits per heavy atom. The number of amides is 1. The van der Waals surface area contributed by atoms with E-state index in [-0.39, 0.29) is 11.9 Å². The Kier molecular flexibility index (Phi) is 6.63. The van der Waals surface area contributed by atoms with Crippen molar-refractivity contribution in [3.63, 3.8) is 0 Å². The fraction of sp³-hybridized carbons (Fsp3) is 0.500. The number of nitrogens with zero attached hydrogens (tertiary/aromatic N) is 1. The van der Waals surface area contributed by atoms with Crippen LogP contribution in [0, 0.1) is 13.8 Å². The fourth-order valence-electron chi connectivity index (χ4n) is 4.83. The van der Waals surface area contributed by atoms with Gasteiger partial charge in [-0.3, -0.25) is 4.79 Å². The molecule has 5 heteroatoms. The van der Waals surface area contributed by atoms with Gasteiger partial charge >= 0.3 is 0 Å². The SMILES string of the molecule is Cc1cc(C)cc(C2(C(=O)N[C@H](C)c3ccc(N4CCOCC4)cc3)CCOCC2)c1. The quantitative estimate of drug-likeness (QED) is 0.789. The van der Waals surface area contributed by atoms with Crippen molar-refractivity contribution in [2.45, 2.75) is 45.1 Å². The van der Waals surface area contributed by atoms with Gasteiger partial charge in [0, 0.05) is 32.0 Å². The Morgan fingerprint density at radius 1 is 0.935 bits per heavy atom. The first-order valence-corrected chi connectivity index (χ1v) is 11.4. The largest absolute Gasteiger partial charge is 0.381 e. The van der Waals surface area contributed by atoms with Crippen LogP contribution in [0.25, 0.3) is 0 Å². The molecule has 5 nitrogen and oxygen atoms in total. The van der Waals surface area contributed by atoms with E-state index in [0.29, 0.717) is 26.1 Å². The van der Waals surface area contributed by atoms with Crippen LogP contribution in [0.1, 0.15) is 48.1 Å². The van der Waals surface area contributed by atoms with E-state index >= 15 is 0 Å². The lowest BCUT2D eigenvalue weighted by Crippen LogP contribution is -2.48. The average Bonchev–Trinajstić information content (AvgIpc) is 2.79. The van der Waals surface area contributed by atoms with Gasteiger partial charge in [-0.15, -0.1) is 0 Å². The first kappa shape index (κ1) is 21.8. The third-order valence-corrected chi connectivity index (χ3v) is 6.67. The second kappa shape index (κ2) is 9.41. The molecule has 2 aliphatic rings. The maximum atomic E-state index is 13.7. The molecule has 0 unspecified atom stereocenters. The van der Waals surface area contributed by atoms with Crippen molar-refractivity contribution in [1.82, 2.24) is 5.32 Å². The molecule has 2 aliphatic heterocycles. The van der Waals surface area contributed by atoms with E-state index in [1.807, 2.05) is 0 Å². The van der Waals surface area contributed by atoms with E-state index in [1.54, 1.807) is 0 Å². The molecular weight excluding hydrogens is 388 g/mol. The molecule has 2 saturated heterocycles. The van der Waals surface area contributed by atoms with Crippen LogP contribution in [0.3, 0.4) is 0 Å². The van der Waals surface area contributed by atoms with E-state index in [2.05, 4.69) is 73.5 Å². The van der Waals surface area contributed by atoms with E-state index in [4.69, 9.17) is 9.47 Å². The van der Waals surface area contributed by atoms with Crippen molar-refractivity contribution in [3.8, 4) is 0 Å². The van der Waals surface area contributed by atoms with E-state index in [9.17, 15) is 4.79 Å². The highest BCUT2D eigenvalue weighted by Gasteiger charge is 2.42. The van der Waals surface area contributed by atoms with Crippen LogP contribution in [0.2, 0.25) is 0 Å². The predicted molar refractivity (Wildman–Crippen MR) is 124 cm³/mol. The number of nitrogens with one attached hydrogen (secondary N) is 1. The van der Waals surface area contributed by atoms with Gasteiger partial charge in [-0.25, -0.2) is 0 Å². The van der Waals surface area contributed by atoms with Crippen molar-refractivity contribution >= 4 is 11.6 Å². The van der Waals surface area contributed by atoms with Crippen LogP contribution >= 0.6 is 0 Å². The van der Waals surface area contributed by atoms with Crippen LogP contribution in [-0.2, 0) is 19.7 Å². The Bertz CT molecular complexity index is 877. The molecule has 1 amide bonds. The minimum Gasteiger partial charge on any atom is -0.381 e. The van der Waals surface area contributed by atoms with Crippen LogP contribution < -0.4 is 10.2 Å². The normalized spacial score (nSPS) is 19.6. The topological polar surface area (TPSA) is 50.8 Å². The average molecular weight is 423 g/mol. The van der Waals surface area contributed by atoms with Crippen molar-refractivity contribution in [2.75, 3.05) is 44.4 Å². The van der Waals surface area contributed by atoms with Gasteiger partial charge in [-0.1, -0.05) is 41.5 Å². The summed E-state index contributed by atoms with van der Waals surface area (Å²) in [5, 5.41) is 3.32. The van der Waals surface area contributed by atoms with Gasteiger partial charge in [0.15, 0.2) is 0 Å². The molecule has 0 radical (unpaired) electrons. The predicted octanol–water partition coefficient (Wildman–Crippen LogP) is 4.07. The van der Waals surface area contributed by atoms with Crippen molar-refractivity contribution in [2.24, 2.45) is 0 Å². The number of morpholine rings is 1. The number of carbonyl (C=O) groups is 1. The molecule has 2 aromatic rings. The monoisotopic (exact) mass is 422 g/mol. The fourth-order valence-corrected chi connectivity index (χ4v) is 4.83. The first-order valence-electron chi connectivity index (χ1n) is 11.4. The summed E-state index contributed by atoms with van der Waals surface area (Å²) >= 11 is 0. The van der Waals surface area contributed by atoms with Gasteiger partial charge in [0.25, 0.3) is 0 Å². The molecule has 2 heterocycles. The highest BCUT2D eigenvalue weighted by molar-refractivity contribution is 5.89. The van der Waals surface area contributed by atoms with Crippen LogP contribution in [0.15, 0.2) is 42.5 Å². The molecule has 166 valence electrons. The van der Waals surface area contributed by atoms with Crippen LogP contribution in [-0.4, -0.2) is 45.4 Å². The molecule has 2 aromatic carbocycles. The zero-order valence-corrected chi connectivity index (χ0v) is 18.9. The van der Waals surface area contributed by atoms with Gasteiger partial charge in [0.2, 0.25) is 5.91 Å². The molecule has 1 atom stereocenters. The zero-order chi connectivity index (χ0) is 21.8. The Balaban J connectivity index is 1.51. The second-order valence-electron chi connectivity index (χ2n) is 8.96. The highest BCUT2D eigenvalue weighted by atomic mass is 16.5. The maximum absolute atomic E-state index is 13.7. The van der Waals surface area contributed by atoms with Crippen molar-refractivity contribution < 1.29 is 14.3 Å². The number of hydrogen-bond donors (Lipinski definition) is 1. The molecule has 0 aliphatic carbocycles. The summed E-state index contributed by atoms with van der Waals surface area (Å²) in [5.41, 5.74) is 5.30. The minimum atomic E-state index is -0.531. The van der Waals surface area contributed by atoms with E-state index in [1.165, 1.54) is 16.8 Å². The summed E-state index contributed by atoms with van der Waals surface area (Å²) in [7, 11) is 0. The Labute approximate surface area is 185 Å². The summed E-state index contributed by atoms with van der Waals surface area (Å²) in [5.74, 6) is 0.102. The number of hydrogen-bond acceptors (Lipinski definition) is 4. The number of anilines is 1. The van der Waals surface area contributed by atoms with Crippen LogP contribution in [0.5, 0.6) is 0 Å². The molecule has 2 fully saturated rings.